The molecule has 0 aliphatic carbocycles. The highest BCUT2D eigenvalue weighted by Gasteiger charge is 2.35. The average molecular weight is 683 g/mol. The highest BCUT2D eigenvalue weighted by Crippen LogP contribution is 2.36. The molecule has 250 valence electrons. The number of nitrogens with zero attached hydrogens (tertiary/aromatic N) is 2. The lowest BCUT2D eigenvalue weighted by Gasteiger charge is -2.26. The van der Waals surface area contributed by atoms with E-state index in [0.717, 1.165) is 27.5 Å². The fourth-order valence-corrected chi connectivity index (χ4v) is 7.25. The Morgan fingerprint density at radius 1 is 0.920 bits per heavy atom. The molecule has 0 bridgehead atoms. The van der Waals surface area contributed by atoms with Crippen LogP contribution in [0.4, 0.5) is 4.39 Å². The van der Waals surface area contributed by atoms with E-state index in [9.17, 15) is 14.0 Å². The van der Waals surface area contributed by atoms with Gasteiger partial charge in [-0.2, -0.15) is 0 Å². The van der Waals surface area contributed by atoms with E-state index in [0.29, 0.717) is 43.4 Å². The van der Waals surface area contributed by atoms with Gasteiger partial charge in [0.2, 0.25) is 0 Å². The van der Waals surface area contributed by atoms with E-state index in [1.54, 1.807) is 29.7 Å². The van der Waals surface area contributed by atoms with Crippen molar-refractivity contribution in [3.63, 3.8) is 0 Å². The van der Waals surface area contributed by atoms with E-state index in [4.69, 9.17) is 14.5 Å². The monoisotopic (exact) mass is 682 g/mol. The smallest absolute Gasteiger partial charge is 0.338 e. The van der Waals surface area contributed by atoms with Crippen molar-refractivity contribution in [3.05, 3.63) is 174 Å². The summed E-state index contributed by atoms with van der Waals surface area (Å²) < 4.78 is 28.4. The molecule has 0 amide bonds. The van der Waals surface area contributed by atoms with E-state index >= 15 is 0 Å². The Labute approximate surface area is 293 Å². The van der Waals surface area contributed by atoms with Crippen LogP contribution < -0.4 is 19.6 Å². The Morgan fingerprint density at radius 3 is 2.38 bits per heavy atom. The number of carbonyl (C=O) groups excluding carboxylic acids is 1. The summed E-state index contributed by atoms with van der Waals surface area (Å²) in [5, 5.41) is 1.84. The van der Waals surface area contributed by atoms with E-state index in [-0.39, 0.29) is 24.6 Å². The molecule has 50 heavy (non-hydrogen) atoms. The molecule has 0 radical (unpaired) electrons. The van der Waals surface area contributed by atoms with Crippen LogP contribution in [0.2, 0.25) is 0 Å². The van der Waals surface area contributed by atoms with E-state index in [2.05, 4.69) is 13.8 Å². The molecule has 1 aromatic heterocycles. The molecule has 0 saturated carbocycles. The second kappa shape index (κ2) is 14.1. The molecule has 0 unspecified atom stereocenters. The lowest BCUT2D eigenvalue weighted by Crippen LogP contribution is -2.40. The fourth-order valence-electron chi connectivity index (χ4n) is 6.27. The second-order valence-corrected chi connectivity index (χ2v) is 13.3. The number of ether oxygens (including phenoxy) is 2. The number of benzene rings is 5. The van der Waals surface area contributed by atoms with Crippen LogP contribution in [0.25, 0.3) is 22.5 Å². The number of halogens is 1. The molecule has 0 spiro atoms. The Bertz CT molecular complexity index is 2430. The van der Waals surface area contributed by atoms with Gasteiger partial charge in [-0.1, -0.05) is 128 Å². The van der Waals surface area contributed by atoms with Crippen molar-refractivity contribution in [2.75, 3.05) is 6.61 Å². The van der Waals surface area contributed by atoms with E-state index < -0.39 is 12.0 Å². The molecule has 1 aliphatic rings. The third-order valence-electron chi connectivity index (χ3n) is 8.84. The van der Waals surface area contributed by atoms with Gasteiger partial charge >= 0.3 is 5.97 Å². The van der Waals surface area contributed by atoms with E-state index in [1.165, 1.54) is 17.4 Å². The predicted octanol–water partition coefficient (Wildman–Crippen LogP) is 7.93. The van der Waals surface area contributed by atoms with Crippen molar-refractivity contribution in [2.24, 2.45) is 4.99 Å². The van der Waals surface area contributed by atoms with Gasteiger partial charge < -0.3 is 9.47 Å². The lowest BCUT2D eigenvalue weighted by molar-refractivity contribution is -0.138. The standard InChI is InChI=1S/C42H35FN2O4S/c1-4-48-41(47)37-38(29-13-6-5-7-14-29)44-42-45(39(37)30-20-18-27(19-21-30)26(2)3)40(46)36(50-42)24-33-32-16-10-8-12-28(32)22-23-35(33)49-25-31-15-9-11-17-34(31)43/h5-24,26,39H,4,25H2,1-3H3/b36-24-/t39-/m0/s1. The van der Waals surface area contributed by atoms with Crippen LogP contribution in [-0.4, -0.2) is 17.1 Å². The van der Waals surface area contributed by atoms with Crippen molar-refractivity contribution < 1.29 is 18.7 Å². The summed E-state index contributed by atoms with van der Waals surface area (Å²) in [5.74, 6) is -0.0614. The average Bonchev–Trinajstić information content (AvgIpc) is 3.45. The quantitative estimate of drug-likeness (QED) is 0.145. The highest BCUT2D eigenvalue weighted by molar-refractivity contribution is 7.07. The van der Waals surface area contributed by atoms with Crippen LogP contribution in [0.15, 0.2) is 131 Å². The number of carbonyl (C=O) groups is 1. The number of hydrogen-bond acceptors (Lipinski definition) is 6. The molecule has 0 fully saturated rings. The fraction of sp³-hybridized carbons (Fsp3) is 0.167. The summed E-state index contributed by atoms with van der Waals surface area (Å²) in [6, 6.07) is 34.9. The third kappa shape index (κ3) is 6.30. The first-order chi connectivity index (χ1) is 24.3. The van der Waals surface area contributed by atoms with Gasteiger partial charge in [-0.25, -0.2) is 14.2 Å². The molecule has 0 saturated heterocycles. The summed E-state index contributed by atoms with van der Waals surface area (Å²) in [4.78, 5) is 33.9. The molecule has 6 aromatic rings. The third-order valence-corrected chi connectivity index (χ3v) is 9.82. The topological polar surface area (TPSA) is 69.9 Å². The molecule has 6 nitrogen and oxygen atoms in total. The molecule has 0 N–H and O–H groups in total. The minimum Gasteiger partial charge on any atom is -0.488 e. The van der Waals surface area contributed by atoms with Gasteiger partial charge in [0.15, 0.2) is 4.80 Å². The summed E-state index contributed by atoms with van der Waals surface area (Å²) in [6.07, 6.45) is 1.82. The number of hydrogen-bond donors (Lipinski definition) is 0. The molecular weight excluding hydrogens is 648 g/mol. The summed E-state index contributed by atoms with van der Waals surface area (Å²) in [6.45, 7) is 6.19. The first-order valence-electron chi connectivity index (χ1n) is 16.6. The molecular formula is C42H35FN2O4S. The minimum atomic E-state index is -0.784. The molecule has 5 aromatic carbocycles. The van der Waals surface area contributed by atoms with Crippen LogP contribution in [-0.2, 0) is 16.1 Å². The highest BCUT2D eigenvalue weighted by atomic mass is 32.1. The van der Waals surface area contributed by atoms with Gasteiger partial charge in [-0.05, 0) is 52.9 Å². The maximum atomic E-state index is 14.6. The van der Waals surface area contributed by atoms with Gasteiger partial charge in [-0.3, -0.25) is 9.36 Å². The van der Waals surface area contributed by atoms with Gasteiger partial charge in [0.1, 0.15) is 18.2 Å². The predicted molar refractivity (Wildman–Crippen MR) is 196 cm³/mol. The Balaban J connectivity index is 1.46. The van der Waals surface area contributed by atoms with Crippen molar-refractivity contribution in [2.45, 2.75) is 39.3 Å². The van der Waals surface area contributed by atoms with Crippen molar-refractivity contribution in [3.8, 4) is 5.75 Å². The summed E-state index contributed by atoms with van der Waals surface area (Å²) in [5.41, 5.74) is 4.24. The van der Waals surface area contributed by atoms with Gasteiger partial charge in [0.25, 0.3) is 5.56 Å². The summed E-state index contributed by atoms with van der Waals surface area (Å²) >= 11 is 1.25. The maximum absolute atomic E-state index is 14.6. The zero-order valence-corrected chi connectivity index (χ0v) is 28.7. The number of fused-ring (bicyclic) bond motifs is 2. The Hall–Kier alpha value is -5.60. The van der Waals surface area contributed by atoms with Crippen LogP contribution >= 0.6 is 11.3 Å². The number of rotatable bonds is 9. The molecule has 2 heterocycles. The minimum absolute atomic E-state index is 0.0167. The first kappa shape index (κ1) is 32.9. The van der Waals surface area contributed by atoms with Gasteiger partial charge in [0, 0.05) is 16.7 Å². The van der Waals surface area contributed by atoms with E-state index in [1.807, 2.05) is 97.1 Å². The van der Waals surface area contributed by atoms with Crippen LogP contribution in [0.3, 0.4) is 0 Å². The largest absolute Gasteiger partial charge is 0.488 e. The van der Waals surface area contributed by atoms with Crippen LogP contribution in [0, 0.1) is 5.82 Å². The van der Waals surface area contributed by atoms with Crippen LogP contribution in [0.5, 0.6) is 5.75 Å². The number of esters is 1. The second-order valence-electron chi connectivity index (χ2n) is 12.3. The van der Waals surface area contributed by atoms with Crippen molar-refractivity contribution in [1.29, 1.82) is 0 Å². The molecule has 7 rings (SSSR count). The lowest BCUT2D eigenvalue weighted by atomic mass is 9.91. The first-order valence-corrected chi connectivity index (χ1v) is 17.4. The molecule has 1 atom stereocenters. The van der Waals surface area contributed by atoms with Gasteiger partial charge in [-0.15, -0.1) is 0 Å². The normalized spacial score (nSPS) is 14.5. The van der Waals surface area contributed by atoms with Crippen molar-refractivity contribution in [1.82, 2.24) is 4.57 Å². The zero-order chi connectivity index (χ0) is 34.8. The SMILES string of the molecule is CCOC(=O)C1=C(c2ccccc2)N=c2s/c(=C\c3c(OCc4ccccc4F)ccc4ccccc34)c(=O)n2[C@H]1c1ccc(C(C)C)cc1. The molecule has 1 aliphatic heterocycles. The maximum Gasteiger partial charge on any atom is 0.338 e. The number of thiazole rings is 1. The molecule has 8 heteroatoms. The van der Waals surface area contributed by atoms with Crippen molar-refractivity contribution >= 4 is 39.9 Å². The van der Waals surface area contributed by atoms with Crippen LogP contribution in [0.1, 0.15) is 60.5 Å². The summed E-state index contributed by atoms with van der Waals surface area (Å²) in [7, 11) is 0. The zero-order valence-electron chi connectivity index (χ0n) is 27.9. The van der Waals surface area contributed by atoms with Gasteiger partial charge in [0.05, 0.1) is 28.5 Å². The Morgan fingerprint density at radius 2 is 1.64 bits per heavy atom. The number of aromatic nitrogens is 1. The Kier molecular flexibility index (Phi) is 9.28.